The lowest BCUT2D eigenvalue weighted by Gasteiger charge is -2.53. The SMILES string of the molecule is COc1ccc2c(c1)C1CC1(NC(=O)N1CC3CN(Cc4ccccc4)CC(C1)N3Cc1ccccc1)Cn1c-2cc2ccc(C(=O)NS(=O)(=O)N(C)C)cc21. The third-order valence-electron chi connectivity index (χ3n) is 12.1. The minimum atomic E-state index is -3.98. The van der Waals surface area contributed by atoms with Gasteiger partial charge in [-0.05, 0) is 59.5 Å². The molecule has 3 amide bonds. The number of urea groups is 1. The number of aromatic nitrogens is 1. The zero-order valence-electron chi connectivity index (χ0n) is 31.9. The summed E-state index contributed by atoms with van der Waals surface area (Å²) < 4.78 is 36.0. The predicted molar refractivity (Wildman–Crippen MR) is 215 cm³/mol. The average molecular weight is 774 g/mol. The number of nitrogens with zero attached hydrogens (tertiary/aromatic N) is 5. The molecule has 13 heteroatoms. The van der Waals surface area contributed by atoms with E-state index in [-0.39, 0.29) is 29.6 Å². The van der Waals surface area contributed by atoms with Gasteiger partial charge in [-0.15, -0.1) is 0 Å². The van der Waals surface area contributed by atoms with E-state index in [9.17, 15) is 18.0 Å². The largest absolute Gasteiger partial charge is 0.497 e. The molecule has 1 saturated carbocycles. The quantitative estimate of drug-likeness (QED) is 0.220. The van der Waals surface area contributed by atoms with Crippen molar-refractivity contribution in [1.29, 1.82) is 0 Å². The minimum Gasteiger partial charge on any atom is -0.497 e. The second-order valence-electron chi connectivity index (χ2n) is 16.0. The van der Waals surface area contributed by atoms with Gasteiger partial charge in [0, 0.05) is 106 Å². The Morgan fingerprint density at radius 3 is 2.18 bits per heavy atom. The van der Waals surface area contributed by atoms with Gasteiger partial charge in [0.05, 0.1) is 12.6 Å². The Bertz CT molecular complexity index is 2410. The molecule has 1 aromatic heterocycles. The van der Waals surface area contributed by atoms with Crippen molar-refractivity contribution in [2.45, 2.75) is 49.6 Å². The second kappa shape index (κ2) is 14.1. The summed E-state index contributed by atoms with van der Waals surface area (Å²) in [6.07, 6.45) is 0.755. The van der Waals surface area contributed by atoms with Crippen LogP contribution < -0.4 is 14.8 Å². The van der Waals surface area contributed by atoms with Gasteiger partial charge < -0.3 is 19.5 Å². The van der Waals surface area contributed by atoms with Crippen LogP contribution in [-0.4, -0.2) is 109 Å². The number of nitrogens with one attached hydrogen (secondary N) is 2. The molecule has 4 aliphatic rings. The van der Waals surface area contributed by atoms with Gasteiger partial charge in [0.15, 0.2) is 0 Å². The Balaban J connectivity index is 1.01. The van der Waals surface area contributed by atoms with Crippen LogP contribution in [0.4, 0.5) is 4.79 Å². The summed E-state index contributed by atoms with van der Waals surface area (Å²) in [7, 11) is 0.427. The second-order valence-corrected chi connectivity index (χ2v) is 17.8. The molecule has 2 bridgehead atoms. The maximum absolute atomic E-state index is 14.6. The fourth-order valence-electron chi connectivity index (χ4n) is 9.16. The van der Waals surface area contributed by atoms with Crippen molar-refractivity contribution in [3.05, 3.63) is 125 Å². The Hall–Kier alpha value is -5.21. The molecule has 4 unspecified atom stereocenters. The lowest BCUT2D eigenvalue weighted by atomic mass is 9.97. The van der Waals surface area contributed by atoms with Gasteiger partial charge in [0.1, 0.15) is 5.75 Å². The van der Waals surface area contributed by atoms with E-state index in [4.69, 9.17) is 4.74 Å². The number of carbonyl (C=O) groups is 2. The van der Waals surface area contributed by atoms with Gasteiger partial charge in [-0.1, -0.05) is 66.7 Å². The molecule has 4 atom stereocenters. The summed E-state index contributed by atoms with van der Waals surface area (Å²) in [6, 6.07) is 34.9. The maximum atomic E-state index is 14.6. The number of hydrogen-bond donors (Lipinski definition) is 2. The fourth-order valence-corrected chi connectivity index (χ4v) is 9.70. The third-order valence-corrected chi connectivity index (χ3v) is 13.5. The number of carbonyl (C=O) groups excluding carboxylic acids is 2. The molecule has 3 fully saturated rings. The third kappa shape index (κ3) is 6.72. The molecule has 2 saturated heterocycles. The van der Waals surface area contributed by atoms with Gasteiger partial charge >= 0.3 is 16.2 Å². The highest BCUT2D eigenvalue weighted by atomic mass is 32.2. The first-order valence-corrected chi connectivity index (χ1v) is 20.6. The number of amides is 3. The predicted octanol–water partition coefficient (Wildman–Crippen LogP) is 4.87. The normalized spacial score (nSPS) is 23.1. The van der Waals surface area contributed by atoms with Crippen molar-refractivity contribution in [2.75, 3.05) is 47.4 Å². The summed E-state index contributed by atoms with van der Waals surface area (Å²) >= 11 is 0. The molecule has 2 N–H and O–H groups in total. The molecule has 9 rings (SSSR count). The van der Waals surface area contributed by atoms with E-state index >= 15 is 0 Å². The Morgan fingerprint density at radius 1 is 0.839 bits per heavy atom. The van der Waals surface area contributed by atoms with Crippen LogP contribution in [0.25, 0.3) is 22.2 Å². The molecular weight excluding hydrogens is 727 g/mol. The standard InChI is InChI=1S/C43H47N7O5S/c1-46(2)56(53,54)45-41(51)32-15-14-31-18-40-36-17-16-35(55-3)20-37(36)38-21-43(38,28-50(40)39(31)19-32)44-42(52)48-26-33-24-47(22-29-10-6-4-7-11-29)25-34(27-48)49(33)23-30-12-8-5-9-13-30/h4-20,33-34,38H,21-28H2,1-3H3,(H,44,52)(H,45,51). The van der Waals surface area contributed by atoms with E-state index in [1.807, 2.05) is 17.0 Å². The van der Waals surface area contributed by atoms with E-state index < -0.39 is 21.7 Å². The Morgan fingerprint density at radius 2 is 1.52 bits per heavy atom. The zero-order chi connectivity index (χ0) is 38.8. The van der Waals surface area contributed by atoms with Crippen LogP contribution in [0.3, 0.4) is 0 Å². The van der Waals surface area contributed by atoms with Crippen LogP contribution in [0.2, 0.25) is 0 Å². The van der Waals surface area contributed by atoms with E-state index in [1.54, 1.807) is 19.2 Å². The molecule has 4 heterocycles. The van der Waals surface area contributed by atoms with Crippen LogP contribution in [-0.2, 0) is 29.8 Å². The zero-order valence-corrected chi connectivity index (χ0v) is 32.7. The first-order valence-electron chi connectivity index (χ1n) is 19.2. The van der Waals surface area contributed by atoms with Crippen LogP contribution in [0.1, 0.15) is 39.4 Å². The van der Waals surface area contributed by atoms with Crippen molar-refractivity contribution in [2.24, 2.45) is 0 Å². The summed E-state index contributed by atoms with van der Waals surface area (Å²) in [4.78, 5) is 35.0. The smallest absolute Gasteiger partial charge is 0.318 e. The number of benzene rings is 4. The molecule has 3 aliphatic heterocycles. The molecule has 0 radical (unpaired) electrons. The lowest BCUT2D eigenvalue weighted by molar-refractivity contribution is -0.0405. The number of methoxy groups -OCH3 is 1. The topological polar surface area (TPSA) is 119 Å². The van der Waals surface area contributed by atoms with Crippen molar-refractivity contribution < 1.29 is 22.7 Å². The minimum absolute atomic E-state index is 0.0586. The highest BCUT2D eigenvalue weighted by Gasteiger charge is 2.59. The van der Waals surface area contributed by atoms with E-state index in [2.05, 4.69) is 103 Å². The van der Waals surface area contributed by atoms with Crippen LogP contribution in [0.5, 0.6) is 5.75 Å². The highest BCUT2D eigenvalue weighted by molar-refractivity contribution is 7.87. The van der Waals surface area contributed by atoms with Crippen molar-refractivity contribution in [3.63, 3.8) is 0 Å². The number of ether oxygens (including phenoxy) is 1. The number of rotatable bonds is 9. The Labute approximate surface area is 327 Å². The van der Waals surface area contributed by atoms with Gasteiger partial charge in [-0.2, -0.15) is 12.7 Å². The number of fused-ring (bicyclic) bond motifs is 9. The molecule has 1 aliphatic carbocycles. The van der Waals surface area contributed by atoms with E-state index in [1.165, 1.54) is 25.2 Å². The molecule has 5 aromatic rings. The van der Waals surface area contributed by atoms with Gasteiger partial charge in [-0.25, -0.2) is 9.52 Å². The first-order chi connectivity index (χ1) is 27.0. The highest BCUT2D eigenvalue weighted by Crippen LogP contribution is 2.58. The number of piperazine rings is 2. The van der Waals surface area contributed by atoms with Crippen LogP contribution >= 0.6 is 0 Å². The van der Waals surface area contributed by atoms with Crippen molar-refractivity contribution in [3.8, 4) is 17.0 Å². The monoisotopic (exact) mass is 773 g/mol. The van der Waals surface area contributed by atoms with Crippen molar-refractivity contribution in [1.82, 2.24) is 33.6 Å². The van der Waals surface area contributed by atoms with Gasteiger partial charge in [-0.3, -0.25) is 14.6 Å². The van der Waals surface area contributed by atoms with Crippen molar-refractivity contribution >= 4 is 33.1 Å². The van der Waals surface area contributed by atoms with Crippen LogP contribution in [0.15, 0.2) is 103 Å². The lowest BCUT2D eigenvalue weighted by Crippen LogP contribution is -2.69. The van der Waals surface area contributed by atoms with E-state index in [0.29, 0.717) is 19.6 Å². The summed E-state index contributed by atoms with van der Waals surface area (Å²) in [5.41, 5.74) is 6.15. The van der Waals surface area contributed by atoms with E-state index in [0.717, 1.165) is 70.4 Å². The average Bonchev–Trinajstić information content (AvgIpc) is 3.79. The first kappa shape index (κ1) is 36.4. The maximum Gasteiger partial charge on any atom is 0.318 e. The summed E-state index contributed by atoms with van der Waals surface area (Å²) in [6.45, 7) is 5.21. The molecule has 0 spiro atoms. The fraction of sp³-hybridized carbons (Fsp3) is 0.349. The van der Waals surface area contributed by atoms with Gasteiger partial charge in [0.25, 0.3) is 5.91 Å². The van der Waals surface area contributed by atoms with Gasteiger partial charge in [0.2, 0.25) is 0 Å². The molecule has 12 nitrogen and oxygen atoms in total. The molecular formula is C43H47N7O5S. The Kier molecular flexibility index (Phi) is 9.15. The molecule has 4 aromatic carbocycles. The molecule has 56 heavy (non-hydrogen) atoms. The molecule has 290 valence electrons. The van der Waals surface area contributed by atoms with Crippen LogP contribution in [0, 0.1) is 0 Å². The summed E-state index contributed by atoms with van der Waals surface area (Å²) in [5, 5.41) is 4.48. The summed E-state index contributed by atoms with van der Waals surface area (Å²) in [5.74, 6) is 0.105. The number of hydrogen-bond acceptors (Lipinski definition) is 7.